The van der Waals surface area contributed by atoms with Gasteiger partial charge in [0.05, 0.1) is 18.8 Å². The van der Waals surface area contributed by atoms with Crippen molar-refractivity contribution in [3.05, 3.63) is 0 Å². The summed E-state index contributed by atoms with van der Waals surface area (Å²) in [6.07, 6.45) is 6.23. The molecule has 1 N–H and O–H groups in total. The Morgan fingerprint density at radius 3 is 2.27 bits per heavy atom. The maximum Gasteiger partial charge on any atom is 0.0796 e. The fraction of sp³-hybridized carbons (Fsp3) is 1.00. The maximum atomic E-state index is 9.56. The lowest BCUT2D eigenvalue weighted by Gasteiger charge is -2.18. The molecule has 0 aromatic rings. The molecule has 0 aromatic heterocycles. The van der Waals surface area contributed by atoms with E-state index in [1.807, 2.05) is 13.8 Å². The van der Waals surface area contributed by atoms with Gasteiger partial charge in [0.2, 0.25) is 0 Å². The van der Waals surface area contributed by atoms with Gasteiger partial charge in [-0.3, -0.25) is 0 Å². The highest BCUT2D eigenvalue weighted by molar-refractivity contribution is 4.60. The van der Waals surface area contributed by atoms with Gasteiger partial charge < -0.3 is 9.84 Å². The molecule has 0 bridgehead atoms. The minimum atomic E-state index is -0.317. The molecule has 2 unspecified atom stereocenters. The van der Waals surface area contributed by atoms with Crippen LogP contribution in [-0.4, -0.2) is 23.9 Å². The molecule has 0 aliphatic heterocycles. The van der Waals surface area contributed by atoms with E-state index in [9.17, 15) is 5.11 Å². The summed E-state index contributed by atoms with van der Waals surface area (Å²) in [5.74, 6) is 0.289. The summed E-state index contributed by atoms with van der Waals surface area (Å²) in [6, 6.07) is 0. The van der Waals surface area contributed by atoms with E-state index in [1.165, 1.54) is 25.7 Å². The number of unbranched alkanes of at least 4 members (excludes halogenated alkanes) is 3. The van der Waals surface area contributed by atoms with E-state index in [-0.39, 0.29) is 18.1 Å². The van der Waals surface area contributed by atoms with Crippen molar-refractivity contribution in [1.29, 1.82) is 0 Å². The Morgan fingerprint density at radius 1 is 1.07 bits per heavy atom. The molecule has 0 saturated carbocycles. The van der Waals surface area contributed by atoms with Crippen LogP contribution in [0.25, 0.3) is 0 Å². The summed E-state index contributed by atoms with van der Waals surface area (Å²) in [6.45, 7) is 8.82. The Balaban J connectivity index is 3.36. The molecule has 15 heavy (non-hydrogen) atoms. The van der Waals surface area contributed by atoms with Crippen LogP contribution in [0.2, 0.25) is 0 Å². The van der Waals surface area contributed by atoms with Crippen molar-refractivity contribution < 1.29 is 9.84 Å². The second kappa shape index (κ2) is 9.17. The van der Waals surface area contributed by atoms with Crippen molar-refractivity contribution >= 4 is 0 Å². The predicted molar refractivity (Wildman–Crippen MR) is 65.0 cm³/mol. The van der Waals surface area contributed by atoms with Gasteiger partial charge >= 0.3 is 0 Å². The third kappa shape index (κ3) is 8.88. The Kier molecular flexibility index (Phi) is 9.12. The number of ether oxygens (including phenoxy) is 1. The van der Waals surface area contributed by atoms with Crippen LogP contribution in [0.5, 0.6) is 0 Å². The fourth-order valence-corrected chi connectivity index (χ4v) is 1.40. The first-order chi connectivity index (χ1) is 7.07. The number of hydrogen-bond acceptors (Lipinski definition) is 2. The Hall–Kier alpha value is -0.0800. The first-order valence-electron chi connectivity index (χ1n) is 6.37. The van der Waals surface area contributed by atoms with Crippen LogP contribution in [0.4, 0.5) is 0 Å². The normalized spacial score (nSPS) is 15.6. The summed E-state index contributed by atoms with van der Waals surface area (Å²) in [4.78, 5) is 0. The van der Waals surface area contributed by atoms with E-state index >= 15 is 0 Å². The smallest absolute Gasteiger partial charge is 0.0796 e. The highest BCUT2D eigenvalue weighted by Gasteiger charge is 2.11. The average Bonchev–Trinajstić information content (AvgIpc) is 2.20. The molecule has 2 atom stereocenters. The Bertz CT molecular complexity index is 134. The zero-order valence-corrected chi connectivity index (χ0v) is 10.8. The van der Waals surface area contributed by atoms with Crippen LogP contribution in [0, 0.1) is 5.92 Å². The summed E-state index contributed by atoms with van der Waals surface area (Å²) in [5, 5.41) is 9.56. The zero-order chi connectivity index (χ0) is 11.7. The molecule has 0 rings (SSSR count). The first kappa shape index (κ1) is 14.9. The van der Waals surface area contributed by atoms with Crippen molar-refractivity contribution in [3.8, 4) is 0 Å². The summed E-state index contributed by atoms with van der Waals surface area (Å²) >= 11 is 0. The average molecular weight is 216 g/mol. The van der Waals surface area contributed by atoms with Crippen LogP contribution in [0.3, 0.4) is 0 Å². The highest BCUT2D eigenvalue weighted by Crippen LogP contribution is 2.09. The van der Waals surface area contributed by atoms with Gasteiger partial charge in [-0.1, -0.05) is 46.5 Å². The highest BCUT2D eigenvalue weighted by atomic mass is 16.5. The molecule has 0 saturated heterocycles. The molecule has 2 heteroatoms. The SMILES string of the molecule is CCCCCCC(C)OCC(O)C(C)C. The molecule has 0 spiro atoms. The summed E-state index contributed by atoms with van der Waals surface area (Å²) in [7, 11) is 0. The lowest BCUT2D eigenvalue weighted by atomic mass is 10.1. The second-order valence-corrected chi connectivity index (χ2v) is 4.80. The molecule has 0 fully saturated rings. The van der Waals surface area contributed by atoms with Gasteiger partial charge in [-0.25, -0.2) is 0 Å². The molecule has 2 nitrogen and oxygen atoms in total. The van der Waals surface area contributed by atoms with E-state index in [2.05, 4.69) is 13.8 Å². The molecular weight excluding hydrogens is 188 g/mol. The summed E-state index contributed by atoms with van der Waals surface area (Å²) < 4.78 is 5.60. The third-order valence-corrected chi connectivity index (χ3v) is 2.79. The topological polar surface area (TPSA) is 29.5 Å². The summed E-state index contributed by atoms with van der Waals surface area (Å²) in [5.41, 5.74) is 0. The zero-order valence-electron chi connectivity index (χ0n) is 10.8. The van der Waals surface area contributed by atoms with Crippen molar-refractivity contribution in [2.24, 2.45) is 5.92 Å². The first-order valence-corrected chi connectivity index (χ1v) is 6.37. The van der Waals surface area contributed by atoms with Crippen molar-refractivity contribution in [3.63, 3.8) is 0 Å². The molecule has 0 heterocycles. The predicted octanol–water partition coefficient (Wildman–Crippen LogP) is 3.38. The lowest BCUT2D eigenvalue weighted by Crippen LogP contribution is -2.24. The van der Waals surface area contributed by atoms with Gasteiger partial charge in [0, 0.05) is 0 Å². The minimum absolute atomic E-state index is 0.287. The van der Waals surface area contributed by atoms with Crippen LogP contribution in [0.15, 0.2) is 0 Å². The van der Waals surface area contributed by atoms with E-state index in [0.717, 1.165) is 6.42 Å². The molecule has 0 amide bonds. The second-order valence-electron chi connectivity index (χ2n) is 4.80. The van der Waals surface area contributed by atoms with Crippen molar-refractivity contribution in [2.75, 3.05) is 6.61 Å². The third-order valence-electron chi connectivity index (χ3n) is 2.79. The largest absolute Gasteiger partial charge is 0.390 e. The fourth-order valence-electron chi connectivity index (χ4n) is 1.40. The van der Waals surface area contributed by atoms with Crippen LogP contribution in [0.1, 0.15) is 59.8 Å². The van der Waals surface area contributed by atoms with Crippen molar-refractivity contribution in [2.45, 2.75) is 72.0 Å². The molecule has 0 aliphatic rings. The standard InChI is InChI=1S/C13H28O2/c1-5-6-7-8-9-12(4)15-10-13(14)11(2)3/h11-14H,5-10H2,1-4H3. The lowest BCUT2D eigenvalue weighted by molar-refractivity contribution is -0.0222. The quantitative estimate of drug-likeness (QED) is 0.599. The van der Waals surface area contributed by atoms with Gasteiger partial charge in [0.25, 0.3) is 0 Å². The van der Waals surface area contributed by atoms with Gasteiger partial charge in [0.1, 0.15) is 0 Å². The molecule has 0 aliphatic carbocycles. The minimum Gasteiger partial charge on any atom is -0.390 e. The van der Waals surface area contributed by atoms with Gasteiger partial charge in [0.15, 0.2) is 0 Å². The van der Waals surface area contributed by atoms with E-state index in [4.69, 9.17) is 4.74 Å². The number of hydrogen-bond donors (Lipinski definition) is 1. The van der Waals surface area contributed by atoms with Crippen LogP contribution >= 0.6 is 0 Å². The van der Waals surface area contributed by atoms with Gasteiger partial charge in [-0.15, -0.1) is 0 Å². The Labute approximate surface area is 95.0 Å². The van der Waals surface area contributed by atoms with Crippen LogP contribution < -0.4 is 0 Å². The van der Waals surface area contributed by atoms with Gasteiger partial charge in [-0.2, -0.15) is 0 Å². The number of aliphatic hydroxyl groups excluding tert-OH is 1. The Morgan fingerprint density at radius 2 is 1.73 bits per heavy atom. The number of rotatable bonds is 9. The van der Waals surface area contributed by atoms with E-state index in [1.54, 1.807) is 0 Å². The maximum absolute atomic E-state index is 9.56. The molecule has 0 aromatic carbocycles. The van der Waals surface area contributed by atoms with Gasteiger partial charge in [-0.05, 0) is 19.3 Å². The van der Waals surface area contributed by atoms with Crippen molar-refractivity contribution in [1.82, 2.24) is 0 Å². The van der Waals surface area contributed by atoms with Crippen LogP contribution in [-0.2, 0) is 4.74 Å². The van der Waals surface area contributed by atoms with E-state index in [0.29, 0.717) is 6.61 Å². The molecule has 92 valence electrons. The molecular formula is C13H28O2. The molecule has 0 radical (unpaired) electrons. The monoisotopic (exact) mass is 216 g/mol. The van der Waals surface area contributed by atoms with E-state index < -0.39 is 0 Å². The number of aliphatic hydroxyl groups is 1.